The maximum absolute atomic E-state index is 12.9. The van der Waals surface area contributed by atoms with Gasteiger partial charge in [-0.15, -0.1) is 0 Å². The maximum atomic E-state index is 12.9. The summed E-state index contributed by atoms with van der Waals surface area (Å²) < 4.78 is 22.8. The van der Waals surface area contributed by atoms with Gasteiger partial charge in [0.05, 0.1) is 34.4 Å². The molecule has 2 unspecified atom stereocenters. The zero-order valence-corrected chi connectivity index (χ0v) is 45.3. The third kappa shape index (κ3) is 53.1. The largest absolute Gasteiger partial charge is 0.477 e. The maximum Gasteiger partial charge on any atom is 0.361 e. The Morgan fingerprint density at radius 2 is 0.775 bits per heavy atom. The first kappa shape index (κ1) is 66.4. The number of carboxylic acids is 1. The molecule has 0 fully saturated rings. The quantitative estimate of drug-likeness (QED) is 0.0211. The number of carboxylic acid groups (broad SMARTS) is 1. The van der Waals surface area contributed by atoms with Gasteiger partial charge < -0.3 is 28.5 Å². The predicted molar refractivity (Wildman–Crippen MR) is 299 cm³/mol. The van der Waals surface area contributed by atoms with Gasteiger partial charge >= 0.3 is 17.9 Å². The highest BCUT2D eigenvalue weighted by atomic mass is 16.7. The van der Waals surface area contributed by atoms with E-state index in [0.29, 0.717) is 23.9 Å². The Morgan fingerprint density at radius 3 is 1.17 bits per heavy atom. The van der Waals surface area contributed by atoms with Gasteiger partial charge in [0.15, 0.2) is 6.10 Å². The van der Waals surface area contributed by atoms with Gasteiger partial charge in [-0.1, -0.05) is 199 Å². The average molecular weight is 987 g/mol. The Hall–Kier alpha value is -4.57. The average Bonchev–Trinajstić information content (AvgIpc) is 3.34. The fraction of sp³-hybridized carbons (Fsp3) is 0.597. The lowest BCUT2D eigenvalue weighted by molar-refractivity contribution is -0.870. The molecule has 2 atom stereocenters. The highest BCUT2D eigenvalue weighted by molar-refractivity contribution is 5.71. The van der Waals surface area contributed by atoms with Crippen LogP contribution in [0, 0.1) is 0 Å². The Bertz CT molecular complexity index is 1620. The number of nitrogens with zero attached hydrogens (tertiary/aromatic N) is 1. The lowest BCUT2D eigenvalue weighted by Gasteiger charge is -2.25. The van der Waals surface area contributed by atoms with Crippen LogP contribution in [-0.4, -0.2) is 87.4 Å². The van der Waals surface area contributed by atoms with E-state index in [9.17, 15) is 19.5 Å². The first-order valence-electron chi connectivity index (χ1n) is 27.3. The zero-order valence-electron chi connectivity index (χ0n) is 45.3. The molecule has 0 radical (unpaired) electrons. The van der Waals surface area contributed by atoms with Gasteiger partial charge in [-0.2, -0.15) is 0 Å². The van der Waals surface area contributed by atoms with Crippen LogP contribution in [0.1, 0.15) is 181 Å². The second-order valence-corrected chi connectivity index (χ2v) is 18.8. The number of unbranched alkanes of at least 4 members (excludes halogenated alkanes) is 11. The topological polar surface area (TPSA) is 108 Å². The molecule has 1 N–H and O–H groups in total. The van der Waals surface area contributed by atoms with Crippen LogP contribution in [0.5, 0.6) is 0 Å². The number of esters is 2. The van der Waals surface area contributed by atoms with Crippen molar-refractivity contribution in [3.63, 3.8) is 0 Å². The first-order chi connectivity index (χ1) is 34.6. The molecular weight excluding hydrogens is 887 g/mol. The molecule has 0 aliphatic carbocycles. The Morgan fingerprint density at radius 1 is 0.423 bits per heavy atom. The van der Waals surface area contributed by atoms with E-state index in [-0.39, 0.29) is 32.7 Å². The van der Waals surface area contributed by atoms with Crippen molar-refractivity contribution in [2.24, 2.45) is 0 Å². The third-order valence-corrected chi connectivity index (χ3v) is 10.9. The minimum atomic E-state index is -1.53. The summed E-state index contributed by atoms with van der Waals surface area (Å²) in [5.41, 5.74) is 0. The smallest absolute Gasteiger partial charge is 0.361 e. The molecule has 0 rings (SSSR count). The molecule has 0 bridgehead atoms. The lowest BCUT2D eigenvalue weighted by atomic mass is 10.0. The van der Waals surface area contributed by atoms with Crippen LogP contribution in [0.25, 0.3) is 0 Å². The fourth-order valence-electron chi connectivity index (χ4n) is 6.76. The van der Waals surface area contributed by atoms with Gasteiger partial charge in [-0.3, -0.25) is 9.59 Å². The molecule has 0 saturated carbocycles. The SMILES string of the molecule is CC/C=C\C/C=C\C/C=C\C/C=C\C/C=C\C/C=C\CCCCCCCCCCCCC(=O)OC(COC(=O)CCC/C=C\C/C=C\C/C=C\C/C=C\C/C=C\CC)COC(OCC[N+](C)(C)C)C(=O)O. The Kier molecular flexibility index (Phi) is 48.4. The second kappa shape index (κ2) is 51.8. The molecule has 0 aromatic rings. The van der Waals surface area contributed by atoms with Gasteiger partial charge in [0.2, 0.25) is 0 Å². The number of rotatable bonds is 48. The molecule has 0 aromatic heterocycles. The third-order valence-electron chi connectivity index (χ3n) is 10.9. The number of hydrogen-bond acceptors (Lipinski definition) is 7. The van der Waals surface area contributed by atoms with Crippen LogP contribution in [0.4, 0.5) is 0 Å². The summed E-state index contributed by atoms with van der Waals surface area (Å²) in [6, 6.07) is 0. The molecule has 0 aliphatic heterocycles. The summed E-state index contributed by atoms with van der Waals surface area (Å²) in [6.07, 6.45) is 71.0. The summed E-state index contributed by atoms with van der Waals surface area (Å²) in [6.45, 7) is 4.55. The van der Waals surface area contributed by atoms with Crippen molar-refractivity contribution >= 4 is 17.9 Å². The Balaban J connectivity index is 4.36. The highest BCUT2D eigenvalue weighted by Gasteiger charge is 2.25. The molecule has 0 saturated heterocycles. The molecule has 9 heteroatoms. The van der Waals surface area contributed by atoms with E-state index < -0.39 is 30.3 Å². The fourth-order valence-corrected chi connectivity index (χ4v) is 6.76. The van der Waals surface area contributed by atoms with Gasteiger partial charge in [0.25, 0.3) is 6.29 Å². The number of ether oxygens (including phenoxy) is 4. The molecule has 0 aromatic carbocycles. The van der Waals surface area contributed by atoms with Crippen molar-refractivity contribution in [2.45, 2.75) is 193 Å². The standard InChI is InChI=1S/C62H99NO8/c1-6-8-10-12-14-16-18-20-22-24-25-26-27-28-29-30-31-32-33-34-35-37-39-41-43-45-47-49-51-53-60(65)71-58(57-70-62(61(66)67)68-55-54-63(3,4)5)56-69-59(64)52-50-48-46-44-42-40-38-36-23-21-19-17-15-13-11-9-7-2/h8-11,14-17,20-23,25-26,28-29,31-32,38,40,44,46,58,62H,6-7,12-13,18-19,24,27,30,33-37,39,41-43,45,47-57H2,1-5H3/p+1/b10-8-,11-9-,16-14-,17-15-,22-20-,23-21-,26-25-,29-28-,32-31-,40-38-,46-44-. The number of carbonyl (C=O) groups excluding carboxylic acids is 2. The number of allylic oxidation sites excluding steroid dienone is 22. The molecule has 0 aliphatic rings. The van der Waals surface area contributed by atoms with E-state index in [1.165, 1.54) is 38.5 Å². The van der Waals surface area contributed by atoms with Crippen LogP contribution >= 0.6 is 0 Å². The van der Waals surface area contributed by atoms with Crippen LogP contribution < -0.4 is 0 Å². The van der Waals surface area contributed by atoms with Crippen LogP contribution in [0.2, 0.25) is 0 Å². The van der Waals surface area contributed by atoms with E-state index >= 15 is 0 Å². The number of quaternary nitrogens is 1. The minimum Gasteiger partial charge on any atom is -0.477 e. The van der Waals surface area contributed by atoms with E-state index in [1.807, 2.05) is 21.1 Å². The van der Waals surface area contributed by atoms with Crippen molar-refractivity contribution in [1.29, 1.82) is 0 Å². The second-order valence-electron chi connectivity index (χ2n) is 18.8. The molecule has 0 amide bonds. The molecular formula is C62H100NO8+. The number of carbonyl (C=O) groups is 3. The Labute approximate surface area is 433 Å². The lowest BCUT2D eigenvalue weighted by Crippen LogP contribution is -2.40. The number of hydrogen-bond donors (Lipinski definition) is 1. The van der Waals surface area contributed by atoms with Crippen molar-refractivity contribution in [2.75, 3.05) is 47.5 Å². The van der Waals surface area contributed by atoms with E-state index in [2.05, 4.69) is 148 Å². The molecule has 0 spiro atoms. The summed E-state index contributed by atoms with van der Waals surface area (Å²) >= 11 is 0. The zero-order chi connectivity index (χ0) is 52.0. The summed E-state index contributed by atoms with van der Waals surface area (Å²) in [5.74, 6) is -2.11. The van der Waals surface area contributed by atoms with Crippen LogP contribution in [0.15, 0.2) is 134 Å². The van der Waals surface area contributed by atoms with Gasteiger partial charge in [-0.05, 0) is 103 Å². The van der Waals surface area contributed by atoms with E-state index in [4.69, 9.17) is 18.9 Å². The monoisotopic (exact) mass is 987 g/mol. The normalized spacial score (nSPS) is 13.9. The first-order valence-corrected chi connectivity index (χ1v) is 27.3. The minimum absolute atomic E-state index is 0.170. The summed E-state index contributed by atoms with van der Waals surface area (Å²) in [4.78, 5) is 37.3. The van der Waals surface area contributed by atoms with Crippen molar-refractivity contribution in [3.05, 3.63) is 134 Å². The van der Waals surface area contributed by atoms with Crippen LogP contribution in [-0.2, 0) is 33.3 Å². The highest BCUT2D eigenvalue weighted by Crippen LogP contribution is 2.14. The van der Waals surface area contributed by atoms with E-state index in [0.717, 1.165) is 103 Å². The van der Waals surface area contributed by atoms with Gasteiger partial charge in [0, 0.05) is 12.8 Å². The van der Waals surface area contributed by atoms with Crippen molar-refractivity contribution in [3.8, 4) is 0 Å². The van der Waals surface area contributed by atoms with E-state index in [1.54, 1.807) is 0 Å². The van der Waals surface area contributed by atoms with Crippen molar-refractivity contribution < 1.29 is 42.9 Å². The predicted octanol–water partition coefficient (Wildman–Crippen LogP) is 15.9. The number of likely N-dealkylation sites (N-methyl/N-ethyl adjacent to an activating group) is 1. The molecule has 71 heavy (non-hydrogen) atoms. The van der Waals surface area contributed by atoms with Gasteiger partial charge in [-0.25, -0.2) is 4.79 Å². The van der Waals surface area contributed by atoms with Crippen LogP contribution in [0.3, 0.4) is 0 Å². The van der Waals surface area contributed by atoms with Gasteiger partial charge in [0.1, 0.15) is 13.2 Å². The summed E-state index contributed by atoms with van der Waals surface area (Å²) in [7, 11) is 5.93. The van der Waals surface area contributed by atoms with Crippen molar-refractivity contribution in [1.82, 2.24) is 0 Å². The number of aliphatic carboxylic acids is 1. The summed E-state index contributed by atoms with van der Waals surface area (Å²) in [5, 5.41) is 9.68. The molecule has 0 heterocycles. The molecule has 9 nitrogen and oxygen atoms in total. The molecule has 400 valence electrons.